The molecular weight excluding hydrogens is 359 g/mol. The van der Waals surface area contributed by atoms with Gasteiger partial charge in [0, 0.05) is 11.2 Å². The van der Waals surface area contributed by atoms with Gasteiger partial charge in [-0.3, -0.25) is 0 Å². The number of pyridine rings is 1. The van der Waals surface area contributed by atoms with Crippen molar-refractivity contribution in [2.24, 2.45) is 0 Å². The maximum atomic E-state index is 12.6. The summed E-state index contributed by atoms with van der Waals surface area (Å²) in [7, 11) is -3.58. The van der Waals surface area contributed by atoms with Crippen molar-refractivity contribution in [1.29, 1.82) is 0 Å². The van der Waals surface area contributed by atoms with Gasteiger partial charge >= 0.3 is 0 Å². The largest absolute Gasteiger partial charge is 0.470 e. The van der Waals surface area contributed by atoms with Crippen LogP contribution in [0.2, 0.25) is 10.0 Å². The quantitative estimate of drug-likeness (QED) is 0.826. The number of aromatic nitrogens is 1. The third-order valence-electron chi connectivity index (χ3n) is 3.59. The number of benzene rings is 1. The summed E-state index contributed by atoms with van der Waals surface area (Å²) in [6, 6.07) is 8.20. The van der Waals surface area contributed by atoms with Gasteiger partial charge < -0.3 is 4.74 Å². The van der Waals surface area contributed by atoms with E-state index in [-0.39, 0.29) is 24.1 Å². The molecule has 2 heterocycles. The first-order valence-corrected chi connectivity index (χ1v) is 9.11. The Balaban J connectivity index is 1.71. The van der Waals surface area contributed by atoms with E-state index in [1.807, 2.05) is 0 Å². The van der Waals surface area contributed by atoms with Crippen LogP contribution in [0.3, 0.4) is 0 Å². The Morgan fingerprint density at radius 1 is 1.26 bits per heavy atom. The highest BCUT2D eigenvalue weighted by molar-refractivity contribution is 7.89. The standard InChI is InChI=1S/C15H14Cl2N2O3S/c1-10-4-5-11(16)7-14(10)23(20,21)19-8-12(9-19)22-15-13(17)3-2-6-18-15/h2-7,12H,8-9H2,1H3. The fourth-order valence-corrected chi connectivity index (χ4v) is 4.44. The highest BCUT2D eigenvalue weighted by atomic mass is 35.5. The minimum absolute atomic E-state index is 0.222. The molecule has 3 rings (SSSR count). The van der Waals surface area contributed by atoms with Crippen LogP contribution in [0.1, 0.15) is 5.56 Å². The Hall–Kier alpha value is -1.34. The van der Waals surface area contributed by atoms with Gasteiger partial charge in [0.25, 0.3) is 0 Å². The molecule has 2 aromatic rings. The van der Waals surface area contributed by atoms with Crippen LogP contribution in [0.25, 0.3) is 0 Å². The molecule has 1 aromatic heterocycles. The van der Waals surface area contributed by atoms with Crippen molar-refractivity contribution in [2.45, 2.75) is 17.9 Å². The van der Waals surface area contributed by atoms with Crippen molar-refractivity contribution < 1.29 is 13.2 Å². The second kappa shape index (κ2) is 6.28. The summed E-state index contributed by atoms with van der Waals surface area (Å²) in [6.07, 6.45) is 1.31. The van der Waals surface area contributed by atoms with Crippen molar-refractivity contribution in [2.75, 3.05) is 13.1 Å². The first-order valence-electron chi connectivity index (χ1n) is 6.91. The van der Waals surface area contributed by atoms with Gasteiger partial charge in [-0.05, 0) is 36.8 Å². The van der Waals surface area contributed by atoms with Gasteiger partial charge in [0.15, 0.2) is 0 Å². The SMILES string of the molecule is Cc1ccc(Cl)cc1S(=O)(=O)N1CC(Oc2ncccc2Cl)C1. The molecule has 0 radical (unpaired) electrons. The van der Waals surface area contributed by atoms with Crippen LogP contribution in [-0.2, 0) is 10.0 Å². The van der Waals surface area contributed by atoms with Gasteiger partial charge in [0.2, 0.25) is 15.9 Å². The number of hydrogen-bond acceptors (Lipinski definition) is 4. The van der Waals surface area contributed by atoms with Crippen LogP contribution in [0.5, 0.6) is 5.88 Å². The summed E-state index contributed by atoms with van der Waals surface area (Å²) in [6.45, 7) is 2.24. The molecule has 0 amide bonds. The van der Waals surface area contributed by atoms with E-state index in [2.05, 4.69) is 4.98 Å². The molecule has 5 nitrogen and oxygen atoms in total. The van der Waals surface area contributed by atoms with Crippen molar-refractivity contribution >= 4 is 33.2 Å². The Morgan fingerprint density at radius 3 is 2.70 bits per heavy atom. The zero-order valence-corrected chi connectivity index (χ0v) is 14.6. The monoisotopic (exact) mass is 372 g/mol. The van der Waals surface area contributed by atoms with Gasteiger partial charge in [0.05, 0.1) is 18.0 Å². The topological polar surface area (TPSA) is 59.5 Å². The number of aryl methyl sites for hydroxylation is 1. The van der Waals surface area contributed by atoms with E-state index in [1.54, 1.807) is 37.4 Å². The lowest BCUT2D eigenvalue weighted by molar-refractivity contribution is 0.0721. The lowest BCUT2D eigenvalue weighted by Gasteiger charge is -2.37. The van der Waals surface area contributed by atoms with E-state index >= 15 is 0 Å². The number of ether oxygens (including phenoxy) is 1. The minimum Gasteiger partial charge on any atom is -0.470 e. The average molecular weight is 373 g/mol. The molecule has 0 atom stereocenters. The zero-order chi connectivity index (χ0) is 16.6. The van der Waals surface area contributed by atoms with Crippen LogP contribution < -0.4 is 4.74 Å². The minimum atomic E-state index is -3.58. The first-order chi connectivity index (χ1) is 10.9. The van der Waals surface area contributed by atoms with Gasteiger partial charge in [-0.1, -0.05) is 29.3 Å². The number of halogens is 2. The maximum Gasteiger partial charge on any atom is 0.243 e. The van der Waals surface area contributed by atoms with Crippen molar-refractivity contribution in [1.82, 2.24) is 9.29 Å². The van der Waals surface area contributed by atoms with Crippen molar-refractivity contribution in [3.63, 3.8) is 0 Å². The third kappa shape index (κ3) is 3.30. The van der Waals surface area contributed by atoms with E-state index in [0.29, 0.717) is 21.5 Å². The highest BCUT2D eigenvalue weighted by Crippen LogP contribution is 2.29. The molecule has 23 heavy (non-hydrogen) atoms. The van der Waals surface area contributed by atoms with Gasteiger partial charge in [-0.25, -0.2) is 13.4 Å². The van der Waals surface area contributed by atoms with E-state index in [0.717, 1.165) is 0 Å². The lowest BCUT2D eigenvalue weighted by atomic mass is 10.2. The maximum absolute atomic E-state index is 12.6. The molecule has 0 unspecified atom stereocenters. The van der Waals surface area contributed by atoms with E-state index in [9.17, 15) is 8.42 Å². The molecule has 1 aliphatic rings. The van der Waals surface area contributed by atoms with Crippen molar-refractivity contribution in [3.8, 4) is 5.88 Å². The number of nitrogens with zero attached hydrogens (tertiary/aromatic N) is 2. The first kappa shape index (κ1) is 16.5. The van der Waals surface area contributed by atoms with Crippen LogP contribution in [0.4, 0.5) is 0 Å². The fourth-order valence-electron chi connectivity index (χ4n) is 2.28. The molecule has 0 bridgehead atoms. The van der Waals surface area contributed by atoms with Gasteiger partial charge in [-0.15, -0.1) is 0 Å². The van der Waals surface area contributed by atoms with Crippen LogP contribution in [0.15, 0.2) is 41.4 Å². The molecule has 8 heteroatoms. The second-order valence-corrected chi connectivity index (χ2v) is 8.01. The van der Waals surface area contributed by atoms with Crippen LogP contribution >= 0.6 is 23.2 Å². The lowest BCUT2D eigenvalue weighted by Crippen LogP contribution is -2.56. The molecule has 122 valence electrons. The summed E-state index contributed by atoms with van der Waals surface area (Å²) in [5.41, 5.74) is 0.659. The normalized spacial score (nSPS) is 16.1. The predicted octanol–water partition coefficient (Wildman–Crippen LogP) is 3.15. The predicted molar refractivity (Wildman–Crippen MR) is 88.6 cm³/mol. The molecule has 0 N–H and O–H groups in total. The number of hydrogen-bond donors (Lipinski definition) is 0. The summed E-state index contributed by atoms with van der Waals surface area (Å²) in [5.74, 6) is 0.315. The molecule has 0 saturated carbocycles. The Morgan fingerprint density at radius 2 is 2.00 bits per heavy atom. The zero-order valence-electron chi connectivity index (χ0n) is 12.2. The molecule has 1 fully saturated rings. The van der Waals surface area contributed by atoms with Crippen LogP contribution in [-0.4, -0.2) is 36.9 Å². The highest BCUT2D eigenvalue weighted by Gasteiger charge is 2.39. The number of rotatable bonds is 4. The third-order valence-corrected chi connectivity index (χ3v) is 6.08. The molecule has 1 aromatic carbocycles. The van der Waals surface area contributed by atoms with Crippen LogP contribution in [0, 0.1) is 6.92 Å². The summed E-state index contributed by atoms with van der Waals surface area (Å²) in [4.78, 5) is 4.25. The van der Waals surface area contributed by atoms with E-state index in [4.69, 9.17) is 27.9 Å². The van der Waals surface area contributed by atoms with E-state index < -0.39 is 10.0 Å². The summed E-state index contributed by atoms with van der Waals surface area (Å²) in [5, 5.41) is 0.794. The molecule has 1 saturated heterocycles. The molecule has 1 aliphatic heterocycles. The second-order valence-electron chi connectivity index (χ2n) is 5.26. The molecule has 0 spiro atoms. The van der Waals surface area contributed by atoms with Gasteiger partial charge in [-0.2, -0.15) is 4.31 Å². The molecule has 0 aliphatic carbocycles. The Kier molecular flexibility index (Phi) is 4.51. The van der Waals surface area contributed by atoms with Crippen molar-refractivity contribution in [3.05, 3.63) is 52.1 Å². The fraction of sp³-hybridized carbons (Fsp3) is 0.267. The smallest absolute Gasteiger partial charge is 0.243 e. The summed E-state index contributed by atoms with van der Waals surface area (Å²) >= 11 is 11.9. The Bertz CT molecular complexity index is 836. The van der Waals surface area contributed by atoms with E-state index in [1.165, 1.54) is 10.4 Å². The summed E-state index contributed by atoms with van der Waals surface area (Å²) < 4.78 is 32.2. The Labute approximate surface area is 144 Å². The molecular formula is C15H14Cl2N2O3S. The number of sulfonamides is 1. The average Bonchev–Trinajstić information content (AvgIpc) is 2.46. The van der Waals surface area contributed by atoms with Gasteiger partial charge in [0.1, 0.15) is 11.1 Å².